The average Bonchev–Trinajstić information content (AvgIpc) is 3.16. The van der Waals surface area contributed by atoms with Crippen molar-refractivity contribution in [1.82, 2.24) is 24.1 Å². The first kappa shape index (κ1) is 16.0. The molecule has 4 aromatic heterocycles. The molecule has 0 aliphatic heterocycles. The molecule has 4 aromatic rings. The van der Waals surface area contributed by atoms with E-state index in [1.54, 1.807) is 6.20 Å². The molecule has 0 atom stereocenters. The van der Waals surface area contributed by atoms with Crippen LogP contribution in [0.3, 0.4) is 0 Å². The van der Waals surface area contributed by atoms with Crippen LogP contribution in [0.4, 0.5) is 5.82 Å². The fourth-order valence-corrected chi connectivity index (χ4v) is 3.10. The Kier molecular flexibility index (Phi) is 3.76. The molecule has 0 fully saturated rings. The van der Waals surface area contributed by atoms with Crippen molar-refractivity contribution in [3.8, 4) is 22.5 Å². The lowest BCUT2D eigenvalue weighted by Crippen LogP contribution is -1.98. The molecule has 26 heavy (non-hydrogen) atoms. The second-order valence-electron chi connectivity index (χ2n) is 6.15. The Morgan fingerprint density at radius 3 is 2.77 bits per heavy atom. The van der Waals surface area contributed by atoms with Crippen LogP contribution in [-0.4, -0.2) is 30.6 Å². The maximum absolute atomic E-state index is 10.8. The van der Waals surface area contributed by atoms with Crippen LogP contribution in [0, 0.1) is 13.8 Å². The maximum Gasteiger partial charge on any atom is 0.212 e. The van der Waals surface area contributed by atoms with Gasteiger partial charge in [0.2, 0.25) is 6.41 Å². The molecule has 0 spiro atoms. The minimum atomic E-state index is 0.619. The van der Waals surface area contributed by atoms with Gasteiger partial charge in [-0.15, -0.1) is 0 Å². The summed E-state index contributed by atoms with van der Waals surface area (Å²) in [4.78, 5) is 19.8. The van der Waals surface area contributed by atoms with Crippen molar-refractivity contribution in [3.63, 3.8) is 0 Å². The Morgan fingerprint density at radius 2 is 2.00 bits per heavy atom. The van der Waals surface area contributed by atoms with Crippen LogP contribution in [0.1, 0.15) is 11.4 Å². The van der Waals surface area contributed by atoms with Gasteiger partial charge in [-0.1, -0.05) is 6.07 Å². The van der Waals surface area contributed by atoms with Crippen molar-refractivity contribution in [2.75, 3.05) is 5.32 Å². The zero-order chi connectivity index (χ0) is 18.3. The van der Waals surface area contributed by atoms with Crippen molar-refractivity contribution in [1.29, 1.82) is 0 Å². The molecule has 0 aliphatic carbocycles. The van der Waals surface area contributed by atoms with E-state index in [4.69, 9.17) is 0 Å². The second-order valence-corrected chi connectivity index (χ2v) is 6.15. The Labute approximate surface area is 150 Å². The summed E-state index contributed by atoms with van der Waals surface area (Å²) in [6.07, 6.45) is 4.23. The van der Waals surface area contributed by atoms with Gasteiger partial charge < -0.3 is 5.32 Å². The van der Waals surface area contributed by atoms with Gasteiger partial charge in [0.25, 0.3) is 0 Å². The molecular weight excluding hydrogens is 328 g/mol. The first-order valence-corrected chi connectivity index (χ1v) is 8.24. The van der Waals surface area contributed by atoms with Gasteiger partial charge in [0.05, 0.1) is 11.9 Å². The van der Waals surface area contributed by atoms with E-state index >= 15 is 0 Å². The summed E-state index contributed by atoms with van der Waals surface area (Å²) >= 11 is 0. The van der Waals surface area contributed by atoms with E-state index in [1.807, 2.05) is 66.5 Å². The fraction of sp³-hybridized carbons (Fsp3) is 0.158. The van der Waals surface area contributed by atoms with Crippen LogP contribution < -0.4 is 5.32 Å². The van der Waals surface area contributed by atoms with Crippen molar-refractivity contribution in [2.45, 2.75) is 13.8 Å². The topological polar surface area (TPSA) is 77.1 Å². The smallest absolute Gasteiger partial charge is 0.212 e. The van der Waals surface area contributed by atoms with Crippen molar-refractivity contribution < 1.29 is 4.79 Å². The third-order valence-corrected chi connectivity index (χ3v) is 4.47. The van der Waals surface area contributed by atoms with Crippen LogP contribution >= 0.6 is 0 Å². The largest absolute Gasteiger partial charge is 0.313 e. The van der Waals surface area contributed by atoms with Gasteiger partial charge in [0.15, 0.2) is 0 Å². The summed E-state index contributed by atoms with van der Waals surface area (Å²) in [6, 6.07) is 9.85. The van der Waals surface area contributed by atoms with Gasteiger partial charge in [-0.05, 0) is 38.1 Å². The second kappa shape index (κ2) is 6.11. The Morgan fingerprint density at radius 1 is 1.15 bits per heavy atom. The molecule has 0 radical (unpaired) electrons. The number of nitrogens with zero attached hydrogens (tertiary/aromatic N) is 5. The number of carbonyl (C=O) groups is 1. The third kappa shape index (κ3) is 2.54. The number of aryl methyl sites for hydroxylation is 2. The number of carbonyl (C=O) groups excluding carboxylic acids is 1. The lowest BCUT2D eigenvalue weighted by atomic mass is 10.0. The normalized spacial score (nSPS) is 11.0. The molecule has 0 saturated carbocycles. The number of hydrogen-bond donors (Lipinski definition) is 1. The molecule has 0 aliphatic rings. The molecule has 1 amide bonds. The van der Waals surface area contributed by atoms with Gasteiger partial charge in [-0.25, -0.2) is 4.98 Å². The zero-order valence-electron chi connectivity index (χ0n) is 14.8. The Hall–Kier alpha value is -3.48. The SMILES string of the molecule is Cc1cccc(-c2nn(C)c(C)c2-c2ccc3ncc(NC=O)n3c2)n1. The number of rotatable bonds is 4. The maximum atomic E-state index is 10.8. The monoisotopic (exact) mass is 346 g/mol. The highest BCUT2D eigenvalue weighted by Gasteiger charge is 2.18. The summed E-state index contributed by atoms with van der Waals surface area (Å²) in [5, 5.41) is 7.35. The highest BCUT2D eigenvalue weighted by Crippen LogP contribution is 2.33. The van der Waals surface area contributed by atoms with E-state index < -0.39 is 0 Å². The fourth-order valence-electron chi connectivity index (χ4n) is 3.10. The van der Waals surface area contributed by atoms with E-state index in [0.29, 0.717) is 12.2 Å². The highest BCUT2D eigenvalue weighted by molar-refractivity contribution is 5.82. The van der Waals surface area contributed by atoms with Crippen LogP contribution in [0.2, 0.25) is 0 Å². The van der Waals surface area contributed by atoms with E-state index in [0.717, 1.165) is 39.5 Å². The van der Waals surface area contributed by atoms with E-state index in [1.165, 1.54) is 0 Å². The molecule has 4 heterocycles. The first-order chi connectivity index (χ1) is 12.6. The molecule has 130 valence electrons. The number of nitrogens with one attached hydrogen (secondary N) is 1. The number of pyridine rings is 2. The lowest BCUT2D eigenvalue weighted by Gasteiger charge is -2.07. The van der Waals surface area contributed by atoms with Crippen LogP contribution in [0.5, 0.6) is 0 Å². The van der Waals surface area contributed by atoms with Crippen molar-refractivity contribution in [3.05, 3.63) is 54.1 Å². The summed E-state index contributed by atoms with van der Waals surface area (Å²) in [7, 11) is 1.92. The Bertz CT molecular complexity index is 1120. The van der Waals surface area contributed by atoms with Gasteiger partial charge in [-0.3, -0.25) is 18.9 Å². The number of fused-ring (bicyclic) bond motifs is 1. The zero-order valence-corrected chi connectivity index (χ0v) is 14.8. The standard InChI is InChI=1S/C19H18N6O/c1-12-5-4-6-15(22-12)19-18(13(2)24(3)23-19)14-7-8-16-20-9-17(21-11-26)25(16)10-14/h4-11H,1-3H3,(H,21,26). The quantitative estimate of drug-likeness (QED) is 0.576. The molecule has 1 N–H and O–H groups in total. The molecule has 7 heteroatoms. The number of anilines is 1. The lowest BCUT2D eigenvalue weighted by molar-refractivity contribution is -0.105. The average molecular weight is 346 g/mol. The number of amides is 1. The van der Waals surface area contributed by atoms with E-state index in [2.05, 4.69) is 20.4 Å². The van der Waals surface area contributed by atoms with Gasteiger partial charge >= 0.3 is 0 Å². The summed E-state index contributed by atoms with van der Waals surface area (Å²) in [6.45, 7) is 4.00. The molecule has 7 nitrogen and oxygen atoms in total. The predicted molar refractivity (Wildman–Crippen MR) is 99.8 cm³/mol. The van der Waals surface area contributed by atoms with Crippen molar-refractivity contribution >= 4 is 17.9 Å². The summed E-state index contributed by atoms with van der Waals surface area (Å²) in [5.74, 6) is 0.619. The molecule has 0 unspecified atom stereocenters. The van der Waals surface area contributed by atoms with E-state index in [9.17, 15) is 4.79 Å². The van der Waals surface area contributed by atoms with Gasteiger partial charge in [-0.2, -0.15) is 5.10 Å². The molecule has 0 bridgehead atoms. The first-order valence-electron chi connectivity index (χ1n) is 8.24. The number of aromatic nitrogens is 5. The minimum absolute atomic E-state index is 0.619. The predicted octanol–water partition coefficient (Wildman–Crippen LogP) is 2.98. The third-order valence-electron chi connectivity index (χ3n) is 4.47. The number of hydrogen-bond acceptors (Lipinski definition) is 4. The van der Waals surface area contributed by atoms with Gasteiger partial charge in [0.1, 0.15) is 17.2 Å². The van der Waals surface area contributed by atoms with Crippen LogP contribution in [0.15, 0.2) is 42.7 Å². The molecule has 4 rings (SSSR count). The van der Waals surface area contributed by atoms with Crippen molar-refractivity contribution in [2.24, 2.45) is 7.05 Å². The van der Waals surface area contributed by atoms with Crippen LogP contribution in [-0.2, 0) is 11.8 Å². The minimum Gasteiger partial charge on any atom is -0.313 e. The molecule has 0 aromatic carbocycles. The van der Waals surface area contributed by atoms with Gasteiger partial charge in [0, 0.05) is 35.8 Å². The summed E-state index contributed by atoms with van der Waals surface area (Å²) in [5.41, 5.74) is 6.40. The van der Waals surface area contributed by atoms with Crippen LogP contribution in [0.25, 0.3) is 28.2 Å². The number of imidazole rings is 1. The highest BCUT2D eigenvalue weighted by atomic mass is 16.1. The Balaban J connectivity index is 1.94. The molecule has 0 saturated heterocycles. The molecular formula is C19H18N6O. The summed E-state index contributed by atoms with van der Waals surface area (Å²) < 4.78 is 3.71. The van der Waals surface area contributed by atoms with E-state index in [-0.39, 0.29) is 0 Å².